The van der Waals surface area contributed by atoms with Crippen LogP contribution in [0.2, 0.25) is 0 Å². The second kappa shape index (κ2) is 6.86. The molecule has 1 amide bonds. The van der Waals surface area contributed by atoms with E-state index in [9.17, 15) is 4.79 Å². The highest BCUT2D eigenvalue weighted by Crippen LogP contribution is 2.02. The van der Waals surface area contributed by atoms with E-state index < -0.39 is 0 Å². The smallest absolute Gasteiger partial charge is 0.244 e. The molecule has 0 saturated carbocycles. The van der Waals surface area contributed by atoms with Crippen LogP contribution in [0.4, 0.5) is 0 Å². The molecule has 2 atom stereocenters. The van der Waals surface area contributed by atoms with Gasteiger partial charge in [-0.2, -0.15) is 0 Å². The summed E-state index contributed by atoms with van der Waals surface area (Å²) in [5, 5.41) is 11.8. The van der Waals surface area contributed by atoms with Gasteiger partial charge in [-0.3, -0.25) is 4.79 Å². The van der Waals surface area contributed by atoms with Crippen LogP contribution >= 0.6 is 0 Å². The zero-order chi connectivity index (χ0) is 12.7. The minimum Gasteiger partial charge on any atom is -0.396 e. The fourth-order valence-corrected chi connectivity index (χ4v) is 1.31. The molecule has 0 spiro atoms. The van der Waals surface area contributed by atoms with Crippen LogP contribution in [0.1, 0.15) is 19.4 Å². The van der Waals surface area contributed by atoms with Crippen molar-refractivity contribution in [2.24, 2.45) is 5.92 Å². The van der Waals surface area contributed by atoms with E-state index in [4.69, 9.17) is 5.11 Å². The summed E-state index contributed by atoms with van der Waals surface area (Å²) in [5.41, 5.74) is 0.991. The summed E-state index contributed by atoms with van der Waals surface area (Å²) in [6.07, 6.45) is 3.28. The molecule has 0 aliphatic heterocycles. The number of carbonyl (C=O) groups excluding carboxylic acids is 1. The van der Waals surface area contributed by atoms with Gasteiger partial charge in [-0.25, -0.2) is 0 Å². The van der Waals surface area contributed by atoms with E-state index in [1.165, 1.54) is 6.08 Å². The van der Waals surface area contributed by atoms with Gasteiger partial charge in [0.1, 0.15) is 0 Å². The lowest BCUT2D eigenvalue weighted by molar-refractivity contribution is -0.117. The van der Waals surface area contributed by atoms with Gasteiger partial charge in [0.15, 0.2) is 0 Å². The molecule has 1 aromatic rings. The maximum atomic E-state index is 11.6. The molecule has 0 aliphatic carbocycles. The molecule has 1 aromatic carbocycles. The van der Waals surface area contributed by atoms with Gasteiger partial charge in [0.2, 0.25) is 5.91 Å². The van der Waals surface area contributed by atoms with E-state index >= 15 is 0 Å². The number of hydrogen-bond acceptors (Lipinski definition) is 2. The van der Waals surface area contributed by atoms with Crippen molar-refractivity contribution in [3.63, 3.8) is 0 Å². The summed E-state index contributed by atoms with van der Waals surface area (Å²) in [5.74, 6) is -0.0780. The number of benzene rings is 1. The Hall–Kier alpha value is -1.61. The average Bonchev–Trinajstić information content (AvgIpc) is 2.36. The minimum absolute atomic E-state index is 0.0343. The van der Waals surface area contributed by atoms with Gasteiger partial charge in [0, 0.05) is 18.7 Å². The summed E-state index contributed by atoms with van der Waals surface area (Å²) >= 11 is 0. The number of amides is 1. The fourth-order valence-electron chi connectivity index (χ4n) is 1.31. The first-order chi connectivity index (χ1) is 8.13. The molecule has 2 N–H and O–H groups in total. The highest BCUT2D eigenvalue weighted by atomic mass is 16.3. The number of rotatable bonds is 5. The van der Waals surface area contributed by atoms with Gasteiger partial charge >= 0.3 is 0 Å². The zero-order valence-electron chi connectivity index (χ0n) is 10.3. The topological polar surface area (TPSA) is 49.3 Å². The molecule has 0 radical (unpaired) electrons. The van der Waals surface area contributed by atoms with Crippen LogP contribution < -0.4 is 5.32 Å². The van der Waals surface area contributed by atoms with Gasteiger partial charge in [-0.15, -0.1) is 0 Å². The quantitative estimate of drug-likeness (QED) is 0.762. The van der Waals surface area contributed by atoms with Crippen molar-refractivity contribution < 1.29 is 9.90 Å². The Bertz CT molecular complexity index is 373. The lowest BCUT2D eigenvalue weighted by Gasteiger charge is -2.17. The monoisotopic (exact) mass is 233 g/mol. The molecule has 0 bridgehead atoms. The van der Waals surface area contributed by atoms with Crippen LogP contribution in [0, 0.1) is 5.92 Å². The number of aliphatic hydroxyl groups excluding tert-OH is 1. The van der Waals surface area contributed by atoms with Crippen LogP contribution in [0.3, 0.4) is 0 Å². The molecule has 0 aliphatic rings. The van der Waals surface area contributed by atoms with Crippen molar-refractivity contribution >= 4 is 12.0 Å². The molecule has 92 valence electrons. The van der Waals surface area contributed by atoms with Crippen LogP contribution in [-0.2, 0) is 4.79 Å². The van der Waals surface area contributed by atoms with Crippen LogP contribution in [0.25, 0.3) is 6.08 Å². The maximum Gasteiger partial charge on any atom is 0.244 e. The van der Waals surface area contributed by atoms with E-state index in [0.29, 0.717) is 0 Å². The number of carbonyl (C=O) groups is 1. The summed E-state index contributed by atoms with van der Waals surface area (Å²) < 4.78 is 0. The molecule has 3 nitrogen and oxygen atoms in total. The van der Waals surface area contributed by atoms with Crippen molar-refractivity contribution in [3.05, 3.63) is 42.0 Å². The molecular weight excluding hydrogens is 214 g/mol. The van der Waals surface area contributed by atoms with E-state index in [2.05, 4.69) is 5.32 Å². The van der Waals surface area contributed by atoms with E-state index in [0.717, 1.165) is 5.56 Å². The third kappa shape index (κ3) is 4.83. The highest BCUT2D eigenvalue weighted by molar-refractivity contribution is 5.91. The molecule has 1 rings (SSSR count). The van der Waals surface area contributed by atoms with Crippen molar-refractivity contribution in [2.75, 3.05) is 6.61 Å². The SMILES string of the molecule is CC(CO)C(C)NC(=O)/C=C/c1ccccc1. The van der Waals surface area contributed by atoms with Crippen molar-refractivity contribution in [1.82, 2.24) is 5.32 Å². The molecule has 17 heavy (non-hydrogen) atoms. The highest BCUT2D eigenvalue weighted by Gasteiger charge is 2.11. The first-order valence-electron chi connectivity index (χ1n) is 5.78. The zero-order valence-corrected chi connectivity index (χ0v) is 10.3. The third-order valence-corrected chi connectivity index (χ3v) is 2.74. The van der Waals surface area contributed by atoms with Crippen molar-refractivity contribution in [3.8, 4) is 0 Å². The van der Waals surface area contributed by atoms with Crippen LogP contribution in [0.5, 0.6) is 0 Å². The van der Waals surface area contributed by atoms with Crippen molar-refractivity contribution in [2.45, 2.75) is 19.9 Å². The standard InChI is InChI=1S/C14H19NO2/c1-11(10-16)12(2)15-14(17)9-8-13-6-4-3-5-7-13/h3-9,11-12,16H,10H2,1-2H3,(H,15,17)/b9-8+. The number of aliphatic hydroxyl groups is 1. The van der Waals surface area contributed by atoms with Gasteiger partial charge in [-0.05, 0) is 24.5 Å². The second-order valence-corrected chi connectivity index (χ2v) is 4.20. The Morgan fingerprint density at radius 1 is 1.35 bits per heavy atom. The Balaban J connectivity index is 2.47. The average molecular weight is 233 g/mol. The third-order valence-electron chi connectivity index (χ3n) is 2.74. The molecule has 0 fully saturated rings. The van der Waals surface area contributed by atoms with Gasteiger partial charge in [0.05, 0.1) is 0 Å². The first-order valence-corrected chi connectivity index (χ1v) is 5.78. The summed E-state index contributed by atoms with van der Waals surface area (Å²) in [6.45, 7) is 3.85. The van der Waals surface area contributed by atoms with Crippen molar-refractivity contribution in [1.29, 1.82) is 0 Å². The molecule has 0 aromatic heterocycles. The minimum atomic E-state index is -0.137. The van der Waals surface area contributed by atoms with E-state index in [1.54, 1.807) is 6.08 Å². The van der Waals surface area contributed by atoms with Gasteiger partial charge in [0.25, 0.3) is 0 Å². The molecular formula is C14H19NO2. The summed E-state index contributed by atoms with van der Waals surface area (Å²) in [6, 6.07) is 9.62. The van der Waals surface area contributed by atoms with Crippen LogP contribution in [0.15, 0.2) is 36.4 Å². The summed E-state index contributed by atoms with van der Waals surface area (Å²) in [7, 11) is 0. The van der Waals surface area contributed by atoms with E-state index in [-0.39, 0.29) is 24.5 Å². The lowest BCUT2D eigenvalue weighted by atomic mass is 10.1. The summed E-state index contributed by atoms with van der Waals surface area (Å²) in [4.78, 5) is 11.6. The predicted octanol–water partition coefficient (Wildman–Crippen LogP) is 1.83. The number of hydrogen-bond donors (Lipinski definition) is 2. The Labute approximate surface area is 102 Å². The van der Waals surface area contributed by atoms with Gasteiger partial charge in [-0.1, -0.05) is 37.3 Å². The molecule has 2 unspecified atom stereocenters. The van der Waals surface area contributed by atoms with E-state index in [1.807, 2.05) is 44.2 Å². The Kier molecular flexibility index (Phi) is 5.43. The first kappa shape index (κ1) is 13.5. The second-order valence-electron chi connectivity index (χ2n) is 4.20. The number of nitrogens with one attached hydrogen (secondary N) is 1. The lowest BCUT2D eigenvalue weighted by Crippen LogP contribution is -2.37. The maximum absolute atomic E-state index is 11.6. The van der Waals surface area contributed by atoms with Crippen LogP contribution in [-0.4, -0.2) is 23.7 Å². The predicted molar refractivity (Wildman–Crippen MR) is 69.3 cm³/mol. The molecule has 0 heterocycles. The molecule has 0 saturated heterocycles. The Morgan fingerprint density at radius 3 is 2.59 bits per heavy atom. The largest absolute Gasteiger partial charge is 0.396 e. The van der Waals surface area contributed by atoms with Gasteiger partial charge < -0.3 is 10.4 Å². The fraction of sp³-hybridized carbons (Fsp3) is 0.357. The normalized spacial score (nSPS) is 14.5. The Morgan fingerprint density at radius 2 is 2.00 bits per heavy atom. The molecule has 3 heteroatoms.